The van der Waals surface area contributed by atoms with Gasteiger partial charge in [-0.25, -0.2) is 9.97 Å². The minimum atomic E-state index is -0.108. The zero-order valence-electron chi connectivity index (χ0n) is 15.4. The zero-order valence-corrected chi connectivity index (χ0v) is 17.0. The molecule has 0 saturated heterocycles. The van der Waals surface area contributed by atoms with Gasteiger partial charge in [-0.15, -0.1) is 5.10 Å². The molecule has 1 atom stereocenters. The molecule has 4 rings (SSSR count). The van der Waals surface area contributed by atoms with Crippen LogP contribution in [0.3, 0.4) is 0 Å². The third kappa shape index (κ3) is 3.81. The van der Waals surface area contributed by atoms with E-state index in [-0.39, 0.29) is 17.7 Å². The van der Waals surface area contributed by atoms with Crippen LogP contribution >= 0.6 is 23.4 Å². The van der Waals surface area contributed by atoms with Crippen molar-refractivity contribution in [1.82, 2.24) is 24.9 Å². The predicted molar refractivity (Wildman–Crippen MR) is 112 cm³/mol. The number of nitrogens with one attached hydrogen (secondary N) is 1. The van der Waals surface area contributed by atoms with Crippen LogP contribution in [0.15, 0.2) is 53.7 Å². The normalized spacial score (nSPS) is 12.4. The van der Waals surface area contributed by atoms with Crippen LogP contribution in [0.4, 0.5) is 0 Å². The quantitative estimate of drug-likeness (QED) is 0.393. The molecule has 4 aromatic rings. The molecule has 6 nitrogen and oxygen atoms in total. The van der Waals surface area contributed by atoms with Gasteiger partial charge in [0.15, 0.2) is 10.8 Å². The molecule has 0 aliphatic rings. The Labute approximate surface area is 171 Å². The summed E-state index contributed by atoms with van der Waals surface area (Å²) in [6, 6.07) is 15.1. The molecule has 1 unspecified atom stereocenters. The van der Waals surface area contributed by atoms with Crippen molar-refractivity contribution in [1.29, 1.82) is 0 Å². The minimum Gasteiger partial charge on any atom is -0.349 e. The maximum atomic E-state index is 12.4. The van der Waals surface area contributed by atoms with Crippen LogP contribution in [0.2, 0.25) is 5.02 Å². The van der Waals surface area contributed by atoms with Crippen LogP contribution < -0.4 is 5.32 Å². The van der Waals surface area contributed by atoms with Crippen molar-refractivity contribution in [3.63, 3.8) is 0 Å². The largest absolute Gasteiger partial charge is 0.349 e. The third-order valence-electron chi connectivity index (χ3n) is 4.34. The molecule has 0 spiro atoms. The number of para-hydroxylation sites is 1. The summed E-state index contributed by atoms with van der Waals surface area (Å²) in [4.78, 5) is 21.6. The first kappa shape index (κ1) is 18.7. The summed E-state index contributed by atoms with van der Waals surface area (Å²) in [6.45, 7) is 3.79. The lowest BCUT2D eigenvalue weighted by Gasteiger charge is -2.14. The summed E-state index contributed by atoms with van der Waals surface area (Å²) in [6.07, 6.45) is 0. The number of fused-ring (bicyclic) bond motifs is 3. The van der Waals surface area contributed by atoms with E-state index < -0.39 is 0 Å². The number of hydrogen-bond acceptors (Lipinski definition) is 5. The van der Waals surface area contributed by atoms with Gasteiger partial charge < -0.3 is 5.32 Å². The Bertz CT molecular complexity index is 1160. The van der Waals surface area contributed by atoms with Crippen LogP contribution in [-0.4, -0.2) is 31.2 Å². The molecule has 8 heteroatoms. The lowest BCUT2D eigenvalue weighted by molar-refractivity contribution is -0.119. The van der Waals surface area contributed by atoms with E-state index >= 15 is 0 Å². The zero-order chi connectivity index (χ0) is 19.7. The van der Waals surface area contributed by atoms with E-state index in [4.69, 9.17) is 11.6 Å². The summed E-state index contributed by atoms with van der Waals surface area (Å²) < 4.78 is 1.71. The maximum absolute atomic E-state index is 12.4. The molecular formula is C20H18ClN5OS. The van der Waals surface area contributed by atoms with E-state index in [1.54, 1.807) is 4.52 Å². The molecule has 1 amide bonds. The molecule has 0 aliphatic heterocycles. The van der Waals surface area contributed by atoms with Gasteiger partial charge in [0.05, 0.1) is 17.3 Å². The average Bonchev–Trinajstić information content (AvgIpc) is 3.08. The van der Waals surface area contributed by atoms with Crippen molar-refractivity contribution < 1.29 is 4.79 Å². The average molecular weight is 412 g/mol. The van der Waals surface area contributed by atoms with E-state index in [9.17, 15) is 4.79 Å². The number of aromatic nitrogens is 4. The van der Waals surface area contributed by atoms with E-state index in [0.29, 0.717) is 16.0 Å². The van der Waals surface area contributed by atoms with Gasteiger partial charge >= 0.3 is 0 Å². The maximum Gasteiger partial charge on any atom is 0.230 e. The smallest absolute Gasteiger partial charge is 0.230 e. The number of amides is 1. The van der Waals surface area contributed by atoms with Gasteiger partial charge in [-0.3, -0.25) is 4.79 Å². The summed E-state index contributed by atoms with van der Waals surface area (Å²) in [5.41, 5.74) is 2.58. The van der Waals surface area contributed by atoms with Gasteiger partial charge in [-0.05, 0) is 43.7 Å². The van der Waals surface area contributed by atoms with Crippen LogP contribution in [0.25, 0.3) is 16.6 Å². The first-order chi connectivity index (χ1) is 13.5. The van der Waals surface area contributed by atoms with Gasteiger partial charge in [0.2, 0.25) is 5.91 Å². The van der Waals surface area contributed by atoms with Crippen molar-refractivity contribution >= 4 is 45.8 Å². The van der Waals surface area contributed by atoms with Gasteiger partial charge in [0.1, 0.15) is 5.82 Å². The second kappa shape index (κ2) is 7.77. The highest BCUT2D eigenvalue weighted by Gasteiger charge is 2.15. The number of thioether (sulfide) groups is 1. The Morgan fingerprint density at radius 1 is 1.18 bits per heavy atom. The Kier molecular flexibility index (Phi) is 5.19. The van der Waals surface area contributed by atoms with Crippen LogP contribution in [-0.2, 0) is 4.79 Å². The fourth-order valence-electron chi connectivity index (χ4n) is 2.97. The lowest BCUT2D eigenvalue weighted by atomic mass is 10.1. The summed E-state index contributed by atoms with van der Waals surface area (Å²) in [5.74, 6) is 0.824. The number of carbonyl (C=O) groups is 1. The monoisotopic (exact) mass is 411 g/mol. The van der Waals surface area contributed by atoms with E-state index in [1.165, 1.54) is 11.8 Å². The van der Waals surface area contributed by atoms with Gasteiger partial charge in [0, 0.05) is 10.4 Å². The van der Waals surface area contributed by atoms with Gasteiger partial charge in [-0.1, -0.05) is 47.6 Å². The molecule has 142 valence electrons. The molecule has 28 heavy (non-hydrogen) atoms. The highest BCUT2D eigenvalue weighted by molar-refractivity contribution is 7.99. The van der Waals surface area contributed by atoms with Gasteiger partial charge in [0.25, 0.3) is 0 Å². The highest BCUT2D eigenvalue weighted by atomic mass is 35.5. The van der Waals surface area contributed by atoms with Gasteiger partial charge in [-0.2, -0.15) is 4.52 Å². The lowest BCUT2D eigenvalue weighted by Crippen LogP contribution is -2.28. The third-order valence-corrected chi connectivity index (χ3v) is 5.52. The number of hydrogen-bond donors (Lipinski definition) is 1. The van der Waals surface area contributed by atoms with Crippen molar-refractivity contribution in [2.75, 3.05) is 5.75 Å². The Morgan fingerprint density at radius 3 is 2.71 bits per heavy atom. The Hall–Kier alpha value is -2.64. The fourth-order valence-corrected chi connectivity index (χ4v) is 3.86. The number of rotatable bonds is 5. The number of aryl methyl sites for hydroxylation is 1. The molecule has 0 radical (unpaired) electrons. The fraction of sp³-hybridized carbons (Fsp3) is 0.200. The minimum absolute atomic E-state index is 0.0765. The first-order valence-corrected chi connectivity index (χ1v) is 10.2. The topological polar surface area (TPSA) is 72.2 Å². The number of carbonyl (C=O) groups excluding carboxylic acids is 1. The first-order valence-electron chi connectivity index (χ1n) is 8.81. The van der Waals surface area contributed by atoms with Crippen molar-refractivity contribution in [3.8, 4) is 0 Å². The molecule has 0 saturated carbocycles. The van der Waals surface area contributed by atoms with Crippen LogP contribution in [0.1, 0.15) is 24.4 Å². The molecule has 1 N–H and O–H groups in total. The SMILES string of the molecule is Cc1nc2c3ccccc3nc(SCC(=O)NC(C)c3ccc(Cl)cc3)n2n1. The summed E-state index contributed by atoms with van der Waals surface area (Å²) >= 11 is 7.26. The molecule has 0 fully saturated rings. The molecule has 2 aromatic heterocycles. The van der Waals surface area contributed by atoms with Crippen LogP contribution in [0, 0.1) is 6.92 Å². The highest BCUT2D eigenvalue weighted by Crippen LogP contribution is 2.24. The number of nitrogens with zero attached hydrogens (tertiary/aromatic N) is 4. The van der Waals surface area contributed by atoms with Crippen molar-refractivity contribution in [3.05, 3.63) is 64.9 Å². The van der Waals surface area contributed by atoms with E-state index in [2.05, 4.69) is 20.4 Å². The number of halogens is 1. The standard InChI is InChI=1S/C20H18ClN5OS/c1-12(14-7-9-15(21)10-8-14)22-18(27)11-28-20-24-17-6-4-3-5-16(17)19-23-13(2)25-26(19)20/h3-10,12H,11H2,1-2H3,(H,22,27). The second-order valence-corrected chi connectivity index (χ2v) is 7.81. The van der Waals surface area contributed by atoms with E-state index in [1.807, 2.05) is 62.4 Å². The molecule has 0 aliphatic carbocycles. The summed E-state index contributed by atoms with van der Waals surface area (Å²) in [7, 11) is 0. The molecule has 0 bridgehead atoms. The second-order valence-electron chi connectivity index (χ2n) is 6.44. The van der Waals surface area contributed by atoms with Crippen molar-refractivity contribution in [2.24, 2.45) is 0 Å². The Morgan fingerprint density at radius 2 is 1.93 bits per heavy atom. The van der Waals surface area contributed by atoms with Crippen molar-refractivity contribution in [2.45, 2.75) is 25.0 Å². The predicted octanol–water partition coefficient (Wildman–Crippen LogP) is 4.21. The Balaban J connectivity index is 1.51. The number of benzene rings is 2. The van der Waals surface area contributed by atoms with Crippen LogP contribution in [0.5, 0.6) is 0 Å². The molecule has 2 aromatic carbocycles. The molecule has 2 heterocycles. The molecular weight excluding hydrogens is 394 g/mol. The summed E-state index contributed by atoms with van der Waals surface area (Å²) in [5, 5.41) is 9.69. The van der Waals surface area contributed by atoms with E-state index in [0.717, 1.165) is 22.1 Å².